The van der Waals surface area contributed by atoms with Crippen molar-refractivity contribution in [1.29, 1.82) is 0 Å². The number of nitrogens with zero attached hydrogens (tertiary/aromatic N) is 1. The van der Waals surface area contributed by atoms with Gasteiger partial charge in [0.05, 0.1) is 11.4 Å². The minimum absolute atomic E-state index is 0.0101. The van der Waals surface area contributed by atoms with Crippen molar-refractivity contribution >= 4 is 11.4 Å². The first-order valence-corrected chi connectivity index (χ1v) is 6.05. The fourth-order valence-corrected chi connectivity index (χ4v) is 2.63. The van der Waals surface area contributed by atoms with Crippen LogP contribution in [0.3, 0.4) is 0 Å². The molecular formula is C15H21NO. The maximum absolute atomic E-state index is 5.79. The molecule has 2 nitrogen and oxygen atoms in total. The number of aryl methyl sites for hydroxylation is 1. The number of methoxy groups -OCH3 is 1. The van der Waals surface area contributed by atoms with E-state index in [9.17, 15) is 0 Å². The van der Waals surface area contributed by atoms with Gasteiger partial charge in [-0.05, 0) is 19.4 Å². The monoisotopic (exact) mass is 231 g/mol. The molecule has 0 aliphatic carbocycles. The van der Waals surface area contributed by atoms with Crippen LogP contribution in [0, 0.1) is 12.3 Å². The zero-order valence-electron chi connectivity index (χ0n) is 11.6. The van der Waals surface area contributed by atoms with E-state index in [1.807, 2.05) is 0 Å². The third-order valence-corrected chi connectivity index (χ3v) is 3.55. The molecule has 1 aliphatic rings. The van der Waals surface area contributed by atoms with Crippen LogP contribution >= 0.6 is 0 Å². The summed E-state index contributed by atoms with van der Waals surface area (Å²) in [6.07, 6.45) is 0. The third-order valence-electron chi connectivity index (χ3n) is 3.55. The lowest BCUT2D eigenvalue weighted by Crippen LogP contribution is -2.39. The highest BCUT2D eigenvalue weighted by molar-refractivity contribution is 6.03. The van der Waals surface area contributed by atoms with Crippen molar-refractivity contribution in [2.24, 2.45) is 10.4 Å². The average molecular weight is 231 g/mol. The molecule has 0 saturated carbocycles. The van der Waals surface area contributed by atoms with E-state index in [0.717, 1.165) is 11.4 Å². The van der Waals surface area contributed by atoms with E-state index in [4.69, 9.17) is 9.73 Å². The Hall–Kier alpha value is -1.15. The zero-order chi connectivity index (χ0) is 12.8. The highest BCUT2D eigenvalue weighted by Gasteiger charge is 2.44. The first-order chi connectivity index (χ1) is 7.80. The Labute approximate surface area is 104 Å². The topological polar surface area (TPSA) is 21.6 Å². The Kier molecular flexibility index (Phi) is 2.66. The van der Waals surface area contributed by atoms with Gasteiger partial charge in [0.15, 0.2) is 0 Å². The van der Waals surface area contributed by atoms with Crippen molar-refractivity contribution in [2.45, 2.75) is 40.2 Å². The predicted octanol–water partition coefficient (Wildman–Crippen LogP) is 3.99. The zero-order valence-corrected chi connectivity index (χ0v) is 11.6. The SMILES string of the molecule is COC1(C)C(C(C)(C)C)=Nc2c(C)cccc21. The van der Waals surface area contributed by atoms with Gasteiger partial charge in [-0.3, -0.25) is 4.99 Å². The van der Waals surface area contributed by atoms with E-state index < -0.39 is 0 Å². The van der Waals surface area contributed by atoms with Crippen LogP contribution in [0.2, 0.25) is 0 Å². The van der Waals surface area contributed by atoms with Gasteiger partial charge in [0, 0.05) is 18.1 Å². The molecule has 17 heavy (non-hydrogen) atoms. The number of fused-ring (bicyclic) bond motifs is 1. The second kappa shape index (κ2) is 3.67. The minimum Gasteiger partial charge on any atom is -0.368 e. The van der Waals surface area contributed by atoms with Crippen molar-refractivity contribution in [3.8, 4) is 0 Å². The molecule has 1 heterocycles. The van der Waals surface area contributed by atoms with Gasteiger partial charge in [0.1, 0.15) is 5.60 Å². The van der Waals surface area contributed by atoms with Crippen molar-refractivity contribution in [3.63, 3.8) is 0 Å². The summed E-state index contributed by atoms with van der Waals surface area (Å²) in [5, 5.41) is 0. The molecule has 0 amide bonds. The number of aliphatic imine (C=N–C) groups is 1. The largest absolute Gasteiger partial charge is 0.368 e. The van der Waals surface area contributed by atoms with Gasteiger partial charge in [-0.1, -0.05) is 39.0 Å². The number of rotatable bonds is 1. The molecule has 1 unspecified atom stereocenters. The Bertz CT molecular complexity index is 482. The minimum atomic E-state index is -0.389. The summed E-state index contributed by atoms with van der Waals surface area (Å²) < 4.78 is 5.79. The summed E-state index contributed by atoms with van der Waals surface area (Å²) in [7, 11) is 1.76. The molecule has 1 aromatic rings. The fraction of sp³-hybridized carbons (Fsp3) is 0.533. The molecule has 1 aliphatic heterocycles. The van der Waals surface area contributed by atoms with Crippen molar-refractivity contribution in [3.05, 3.63) is 29.3 Å². The molecule has 2 heteroatoms. The van der Waals surface area contributed by atoms with Gasteiger partial charge in [0.25, 0.3) is 0 Å². The fourth-order valence-electron chi connectivity index (χ4n) is 2.63. The Morgan fingerprint density at radius 1 is 1.24 bits per heavy atom. The molecule has 1 aromatic carbocycles. The maximum atomic E-state index is 5.79. The average Bonchev–Trinajstić information content (AvgIpc) is 2.55. The van der Waals surface area contributed by atoms with Crippen molar-refractivity contribution < 1.29 is 4.74 Å². The van der Waals surface area contributed by atoms with E-state index in [1.54, 1.807) is 7.11 Å². The Morgan fingerprint density at radius 2 is 1.88 bits per heavy atom. The van der Waals surface area contributed by atoms with Gasteiger partial charge in [-0.25, -0.2) is 0 Å². The van der Waals surface area contributed by atoms with Crippen LogP contribution in [0.25, 0.3) is 0 Å². The Balaban J connectivity index is 2.68. The summed E-state index contributed by atoms with van der Waals surface area (Å²) in [5.41, 5.74) is 4.21. The van der Waals surface area contributed by atoms with Crippen molar-refractivity contribution in [1.82, 2.24) is 0 Å². The standard InChI is InChI=1S/C15H21NO/c1-10-8-7-9-11-12(10)16-13(14(2,3)4)15(11,5)17-6/h7-9H,1-6H3. The van der Waals surface area contributed by atoms with E-state index in [2.05, 4.69) is 52.8 Å². The molecule has 0 radical (unpaired) electrons. The molecule has 0 saturated heterocycles. The summed E-state index contributed by atoms with van der Waals surface area (Å²) in [6, 6.07) is 6.30. The van der Waals surface area contributed by atoms with Crippen LogP contribution in [0.1, 0.15) is 38.8 Å². The van der Waals surface area contributed by atoms with Crippen LogP contribution in [0.4, 0.5) is 5.69 Å². The van der Waals surface area contributed by atoms with Crippen LogP contribution in [-0.4, -0.2) is 12.8 Å². The molecule has 1 atom stereocenters. The molecule has 0 fully saturated rings. The number of hydrogen-bond acceptors (Lipinski definition) is 2. The van der Waals surface area contributed by atoms with Gasteiger partial charge in [0.2, 0.25) is 0 Å². The molecule has 0 aromatic heterocycles. The molecular weight excluding hydrogens is 210 g/mol. The van der Waals surface area contributed by atoms with E-state index in [1.165, 1.54) is 11.1 Å². The van der Waals surface area contributed by atoms with Crippen LogP contribution < -0.4 is 0 Å². The quantitative estimate of drug-likeness (QED) is 0.716. The molecule has 0 spiro atoms. The van der Waals surface area contributed by atoms with Gasteiger partial charge in [-0.2, -0.15) is 0 Å². The Morgan fingerprint density at radius 3 is 2.41 bits per heavy atom. The third kappa shape index (κ3) is 1.71. The number of hydrogen-bond donors (Lipinski definition) is 0. The van der Waals surface area contributed by atoms with Gasteiger partial charge >= 0.3 is 0 Å². The molecule has 0 bridgehead atoms. The van der Waals surface area contributed by atoms with Gasteiger partial charge < -0.3 is 4.74 Å². The summed E-state index contributed by atoms with van der Waals surface area (Å²) in [6.45, 7) is 10.8. The van der Waals surface area contributed by atoms with Crippen molar-refractivity contribution in [2.75, 3.05) is 7.11 Å². The van der Waals surface area contributed by atoms with E-state index in [-0.39, 0.29) is 11.0 Å². The number of benzene rings is 1. The second-order valence-corrected chi connectivity index (χ2v) is 5.92. The lowest BCUT2D eigenvalue weighted by molar-refractivity contribution is 0.0606. The number of ether oxygens (including phenoxy) is 1. The van der Waals surface area contributed by atoms with E-state index >= 15 is 0 Å². The highest BCUT2D eigenvalue weighted by Crippen LogP contribution is 2.46. The molecule has 2 rings (SSSR count). The highest BCUT2D eigenvalue weighted by atomic mass is 16.5. The maximum Gasteiger partial charge on any atom is 0.130 e. The number of para-hydroxylation sites is 1. The lowest BCUT2D eigenvalue weighted by Gasteiger charge is -2.33. The van der Waals surface area contributed by atoms with Crippen LogP contribution in [0.5, 0.6) is 0 Å². The predicted molar refractivity (Wildman–Crippen MR) is 72.1 cm³/mol. The molecule has 92 valence electrons. The normalized spacial score (nSPS) is 23.5. The summed E-state index contributed by atoms with van der Waals surface area (Å²) in [4.78, 5) is 4.84. The van der Waals surface area contributed by atoms with Crippen LogP contribution in [-0.2, 0) is 10.3 Å². The molecule has 0 N–H and O–H groups in total. The first kappa shape index (κ1) is 12.3. The smallest absolute Gasteiger partial charge is 0.130 e. The van der Waals surface area contributed by atoms with E-state index in [0.29, 0.717) is 0 Å². The first-order valence-electron chi connectivity index (χ1n) is 6.05. The van der Waals surface area contributed by atoms with Gasteiger partial charge in [-0.15, -0.1) is 0 Å². The van der Waals surface area contributed by atoms with Crippen LogP contribution in [0.15, 0.2) is 23.2 Å². The lowest BCUT2D eigenvalue weighted by atomic mass is 9.78. The second-order valence-electron chi connectivity index (χ2n) is 5.92. The summed E-state index contributed by atoms with van der Waals surface area (Å²) in [5.74, 6) is 0. The summed E-state index contributed by atoms with van der Waals surface area (Å²) >= 11 is 0.